The Hall–Kier alpha value is -0.0700. The summed E-state index contributed by atoms with van der Waals surface area (Å²) in [6, 6.07) is 0.344. The van der Waals surface area contributed by atoms with Crippen LogP contribution in [0.15, 0.2) is 0 Å². The molecule has 3 aliphatic rings. The molecule has 0 radical (unpaired) electrons. The molecule has 2 unspecified atom stereocenters. The molecule has 2 aliphatic carbocycles. The topological polar surface area (TPSA) is 67.6 Å². The van der Waals surface area contributed by atoms with Crippen molar-refractivity contribution in [2.24, 2.45) is 23.5 Å². The molecule has 0 aromatic heterocycles. The van der Waals surface area contributed by atoms with E-state index in [0.29, 0.717) is 17.9 Å². The highest BCUT2D eigenvalue weighted by Crippen LogP contribution is 2.41. The third kappa shape index (κ3) is 5.46. The minimum absolute atomic E-state index is 0. The van der Waals surface area contributed by atoms with Crippen LogP contribution >= 0.6 is 24.8 Å². The highest BCUT2D eigenvalue weighted by molar-refractivity contribution is 5.85. The second-order valence-electron chi connectivity index (χ2n) is 6.94. The largest absolute Gasteiger partial charge is 0.379 e. The van der Waals surface area contributed by atoms with Gasteiger partial charge in [0.05, 0.1) is 13.2 Å². The van der Waals surface area contributed by atoms with E-state index in [9.17, 15) is 4.79 Å². The summed E-state index contributed by atoms with van der Waals surface area (Å²) in [6.07, 6.45) is 5.74. The lowest BCUT2D eigenvalue weighted by Crippen LogP contribution is -2.49. The molecular formula is C16H31Cl2N3O2. The number of halogens is 2. The van der Waals surface area contributed by atoms with E-state index in [1.165, 1.54) is 19.3 Å². The fourth-order valence-corrected chi connectivity index (χ4v) is 4.31. The third-order valence-electron chi connectivity index (χ3n) is 5.61. The molecule has 1 saturated heterocycles. The van der Waals surface area contributed by atoms with E-state index in [1.807, 2.05) is 0 Å². The molecule has 0 aromatic carbocycles. The van der Waals surface area contributed by atoms with Crippen molar-refractivity contribution in [2.45, 2.75) is 38.1 Å². The molecular weight excluding hydrogens is 337 g/mol. The summed E-state index contributed by atoms with van der Waals surface area (Å²) >= 11 is 0. The van der Waals surface area contributed by atoms with Gasteiger partial charge in [-0.25, -0.2) is 0 Å². The number of rotatable bonds is 4. The van der Waals surface area contributed by atoms with Gasteiger partial charge in [0.1, 0.15) is 0 Å². The van der Waals surface area contributed by atoms with Crippen LogP contribution in [0.3, 0.4) is 0 Å². The molecule has 1 heterocycles. The van der Waals surface area contributed by atoms with Gasteiger partial charge in [-0.3, -0.25) is 9.69 Å². The Morgan fingerprint density at radius 2 is 1.74 bits per heavy atom. The molecule has 3 fully saturated rings. The lowest BCUT2D eigenvalue weighted by Gasteiger charge is -2.43. The molecule has 1 aliphatic heterocycles. The Bertz CT molecular complexity index is 353. The maximum Gasteiger partial charge on any atom is 0.223 e. The zero-order chi connectivity index (χ0) is 14.7. The Morgan fingerprint density at radius 1 is 1.13 bits per heavy atom. The van der Waals surface area contributed by atoms with E-state index in [2.05, 4.69) is 10.2 Å². The Balaban J connectivity index is 0.00000132. The minimum Gasteiger partial charge on any atom is -0.379 e. The summed E-state index contributed by atoms with van der Waals surface area (Å²) in [4.78, 5) is 14.7. The number of morpholine rings is 1. The van der Waals surface area contributed by atoms with Crippen LogP contribution in [0.5, 0.6) is 0 Å². The van der Waals surface area contributed by atoms with Crippen LogP contribution in [0.2, 0.25) is 0 Å². The molecule has 3 rings (SSSR count). The van der Waals surface area contributed by atoms with Crippen molar-refractivity contribution >= 4 is 30.7 Å². The van der Waals surface area contributed by atoms with Crippen LogP contribution in [-0.2, 0) is 9.53 Å². The summed E-state index contributed by atoms with van der Waals surface area (Å²) in [5.41, 5.74) is 6.29. The van der Waals surface area contributed by atoms with Crippen LogP contribution < -0.4 is 11.1 Å². The number of nitrogens with one attached hydrogen (secondary N) is 1. The van der Waals surface area contributed by atoms with Crippen LogP contribution in [0.1, 0.15) is 32.1 Å². The molecule has 2 atom stereocenters. The van der Waals surface area contributed by atoms with Gasteiger partial charge in [0, 0.05) is 38.1 Å². The fraction of sp³-hybridized carbons (Fsp3) is 0.938. The molecule has 7 heteroatoms. The summed E-state index contributed by atoms with van der Waals surface area (Å²) in [6.45, 7) is 5.30. The number of carbonyl (C=O) groups is 1. The molecule has 1 amide bonds. The van der Waals surface area contributed by atoms with E-state index >= 15 is 0 Å². The van der Waals surface area contributed by atoms with Crippen molar-refractivity contribution < 1.29 is 9.53 Å². The molecule has 5 nitrogen and oxygen atoms in total. The maximum atomic E-state index is 12.4. The Labute approximate surface area is 151 Å². The zero-order valence-electron chi connectivity index (χ0n) is 13.7. The first-order valence-corrected chi connectivity index (χ1v) is 8.57. The number of amides is 1. The lowest BCUT2D eigenvalue weighted by atomic mass is 9.65. The second-order valence-corrected chi connectivity index (χ2v) is 6.94. The summed E-state index contributed by atoms with van der Waals surface area (Å²) in [7, 11) is 0. The molecule has 136 valence electrons. The normalized spacial score (nSPS) is 34.0. The standard InChI is InChI=1S/C16H29N3O2.2ClH/c17-15-12-2-1-3-13(15)11-14(10-12)16(20)18-4-5-19-6-8-21-9-7-19;;/h12-15H,1-11,17H2,(H,18,20);2*1H. The lowest BCUT2D eigenvalue weighted by molar-refractivity contribution is -0.128. The second kappa shape index (κ2) is 10.0. The Morgan fingerprint density at radius 3 is 2.35 bits per heavy atom. The first-order valence-electron chi connectivity index (χ1n) is 8.57. The van der Waals surface area contributed by atoms with Crippen molar-refractivity contribution in [3.63, 3.8) is 0 Å². The number of nitrogens with zero attached hydrogens (tertiary/aromatic N) is 1. The van der Waals surface area contributed by atoms with Crippen molar-refractivity contribution in [3.05, 3.63) is 0 Å². The van der Waals surface area contributed by atoms with Gasteiger partial charge in [-0.15, -0.1) is 24.8 Å². The van der Waals surface area contributed by atoms with E-state index in [-0.39, 0.29) is 36.6 Å². The molecule has 0 spiro atoms. The molecule has 0 aromatic rings. The van der Waals surface area contributed by atoms with Gasteiger partial charge in [0.2, 0.25) is 5.91 Å². The Kier molecular flexibility index (Phi) is 9.16. The van der Waals surface area contributed by atoms with E-state index in [1.54, 1.807) is 0 Å². The van der Waals surface area contributed by atoms with Crippen LogP contribution in [0, 0.1) is 17.8 Å². The molecule has 2 saturated carbocycles. The smallest absolute Gasteiger partial charge is 0.223 e. The van der Waals surface area contributed by atoms with Gasteiger partial charge in [-0.2, -0.15) is 0 Å². The molecule has 2 bridgehead atoms. The first kappa shape index (κ1) is 21.0. The van der Waals surface area contributed by atoms with Crippen LogP contribution in [-0.4, -0.2) is 56.2 Å². The summed E-state index contributed by atoms with van der Waals surface area (Å²) < 4.78 is 5.33. The monoisotopic (exact) mass is 367 g/mol. The number of fused-ring (bicyclic) bond motifs is 2. The van der Waals surface area contributed by atoms with Gasteiger partial charge in [-0.05, 0) is 37.5 Å². The maximum absolute atomic E-state index is 12.4. The number of carbonyl (C=O) groups excluding carboxylic acids is 1. The SMILES string of the molecule is Cl.Cl.NC1C2CCCC1CC(C(=O)NCCN1CCOCC1)C2. The number of ether oxygens (including phenoxy) is 1. The van der Waals surface area contributed by atoms with Gasteiger partial charge in [0.25, 0.3) is 0 Å². The van der Waals surface area contributed by atoms with Gasteiger partial charge < -0.3 is 15.8 Å². The number of hydrogen-bond donors (Lipinski definition) is 2. The van der Waals surface area contributed by atoms with Gasteiger partial charge in [-0.1, -0.05) is 6.42 Å². The molecule has 23 heavy (non-hydrogen) atoms. The predicted molar refractivity (Wildman–Crippen MR) is 96.3 cm³/mol. The van der Waals surface area contributed by atoms with E-state index < -0.39 is 0 Å². The highest BCUT2D eigenvalue weighted by Gasteiger charge is 2.40. The average Bonchev–Trinajstić information content (AvgIpc) is 2.48. The predicted octanol–water partition coefficient (Wildman–Crippen LogP) is 1.43. The van der Waals surface area contributed by atoms with E-state index in [4.69, 9.17) is 10.5 Å². The van der Waals surface area contributed by atoms with Gasteiger partial charge in [0.15, 0.2) is 0 Å². The fourth-order valence-electron chi connectivity index (χ4n) is 4.31. The summed E-state index contributed by atoms with van der Waals surface area (Å²) in [5, 5.41) is 3.14. The van der Waals surface area contributed by atoms with Crippen LogP contribution in [0.4, 0.5) is 0 Å². The molecule has 3 N–H and O–H groups in total. The highest BCUT2D eigenvalue weighted by atomic mass is 35.5. The quantitative estimate of drug-likeness (QED) is 0.788. The zero-order valence-corrected chi connectivity index (χ0v) is 15.4. The summed E-state index contributed by atoms with van der Waals surface area (Å²) in [5.74, 6) is 1.61. The van der Waals surface area contributed by atoms with Gasteiger partial charge >= 0.3 is 0 Å². The van der Waals surface area contributed by atoms with Crippen molar-refractivity contribution in [1.29, 1.82) is 0 Å². The minimum atomic E-state index is 0. The van der Waals surface area contributed by atoms with Crippen molar-refractivity contribution in [2.75, 3.05) is 39.4 Å². The van der Waals surface area contributed by atoms with Crippen LogP contribution in [0.25, 0.3) is 0 Å². The van der Waals surface area contributed by atoms with Crippen molar-refractivity contribution in [3.8, 4) is 0 Å². The third-order valence-corrected chi connectivity index (χ3v) is 5.61. The average molecular weight is 368 g/mol. The first-order chi connectivity index (χ1) is 10.2. The number of hydrogen-bond acceptors (Lipinski definition) is 4. The van der Waals surface area contributed by atoms with Crippen molar-refractivity contribution in [1.82, 2.24) is 10.2 Å². The van der Waals surface area contributed by atoms with E-state index in [0.717, 1.165) is 52.2 Å². The number of nitrogens with two attached hydrogens (primary N) is 1.